The third-order valence-corrected chi connectivity index (χ3v) is 3.72. The van der Waals surface area contributed by atoms with Gasteiger partial charge in [0, 0.05) is 29.4 Å². The van der Waals surface area contributed by atoms with Crippen molar-refractivity contribution in [1.82, 2.24) is 15.2 Å². The van der Waals surface area contributed by atoms with Crippen LogP contribution < -0.4 is 11.1 Å². The number of amides is 1. The lowest BCUT2D eigenvalue weighted by Gasteiger charge is -2.17. The van der Waals surface area contributed by atoms with Gasteiger partial charge in [-0.05, 0) is 44.0 Å². The summed E-state index contributed by atoms with van der Waals surface area (Å²) in [7, 11) is 0. The van der Waals surface area contributed by atoms with Gasteiger partial charge in [-0.1, -0.05) is 0 Å². The van der Waals surface area contributed by atoms with Crippen LogP contribution in [-0.4, -0.2) is 27.1 Å². The molecule has 0 aliphatic carbocycles. The number of nitrogens with one attached hydrogen (secondary N) is 2. The van der Waals surface area contributed by atoms with Crippen molar-refractivity contribution >= 4 is 22.5 Å². The molecule has 1 aromatic carbocycles. The summed E-state index contributed by atoms with van der Waals surface area (Å²) < 4.78 is 0. The third kappa shape index (κ3) is 2.75. The molecule has 0 aliphatic rings. The molecule has 0 spiro atoms. The summed E-state index contributed by atoms with van der Waals surface area (Å²) in [5, 5.41) is 11.0. The lowest BCUT2D eigenvalue weighted by Crippen LogP contribution is -2.18. The molecule has 4 N–H and O–H groups in total. The van der Waals surface area contributed by atoms with E-state index in [1.54, 1.807) is 6.20 Å². The maximum absolute atomic E-state index is 11.8. The highest BCUT2D eigenvalue weighted by molar-refractivity contribution is 6.07. The third-order valence-electron chi connectivity index (χ3n) is 3.72. The number of nitrogens with zero attached hydrogens (tertiary/aromatic N) is 2. The number of aromatic amines is 1. The minimum atomic E-state index is -0.493. The monoisotopic (exact) mass is 309 g/mol. The van der Waals surface area contributed by atoms with E-state index < -0.39 is 5.91 Å². The zero-order valence-corrected chi connectivity index (χ0v) is 13.3. The van der Waals surface area contributed by atoms with E-state index in [0.29, 0.717) is 5.56 Å². The van der Waals surface area contributed by atoms with Crippen LogP contribution in [0.5, 0.6) is 0 Å². The van der Waals surface area contributed by atoms with E-state index in [4.69, 9.17) is 5.73 Å². The molecule has 6 nitrogen and oxygen atoms in total. The standard InChI is InChI=1S/C17H19N5O/c1-9(2)22-16-13-5-12(11-6-20-21-7-11)10(3)4-15(13)19-8-14(16)17(18)23/h4-9H,1-3H3,(H2,18,23)(H,19,22)(H,20,21). The van der Waals surface area contributed by atoms with E-state index in [1.165, 1.54) is 6.20 Å². The molecule has 1 amide bonds. The highest BCUT2D eigenvalue weighted by atomic mass is 16.1. The second kappa shape index (κ2) is 5.72. The van der Waals surface area contributed by atoms with Crippen molar-refractivity contribution in [2.24, 2.45) is 5.73 Å². The first-order chi connectivity index (χ1) is 11.0. The molecule has 3 rings (SSSR count). The Bertz CT molecular complexity index is 868. The molecule has 0 bridgehead atoms. The molecule has 0 fully saturated rings. The number of aryl methyl sites for hydroxylation is 1. The van der Waals surface area contributed by atoms with Crippen LogP contribution in [0.4, 0.5) is 5.69 Å². The van der Waals surface area contributed by atoms with Gasteiger partial charge in [0.05, 0.1) is 23.0 Å². The molecule has 0 radical (unpaired) electrons. The van der Waals surface area contributed by atoms with Crippen LogP contribution in [0.25, 0.3) is 22.0 Å². The fourth-order valence-electron chi connectivity index (χ4n) is 2.68. The van der Waals surface area contributed by atoms with Crippen molar-refractivity contribution in [1.29, 1.82) is 0 Å². The van der Waals surface area contributed by atoms with E-state index >= 15 is 0 Å². The number of rotatable bonds is 4. The van der Waals surface area contributed by atoms with Gasteiger partial charge >= 0.3 is 0 Å². The number of aromatic nitrogens is 3. The van der Waals surface area contributed by atoms with Gasteiger partial charge in [0.2, 0.25) is 0 Å². The van der Waals surface area contributed by atoms with Gasteiger partial charge < -0.3 is 11.1 Å². The maximum Gasteiger partial charge on any atom is 0.252 e. The van der Waals surface area contributed by atoms with Crippen LogP contribution in [0, 0.1) is 6.92 Å². The van der Waals surface area contributed by atoms with Gasteiger partial charge in [-0.2, -0.15) is 5.10 Å². The highest BCUT2D eigenvalue weighted by Crippen LogP contribution is 2.32. The molecule has 6 heteroatoms. The molecule has 2 aromatic heterocycles. The molecule has 23 heavy (non-hydrogen) atoms. The summed E-state index contributed by atoms with van der Waals surface area (Å²) in [4.78, 5) is 16.1. The molecule has 2 heterocycles. The number of pyridine rings is 1. The molecule has 0 atom stereocenters. The predicted molar refractivity (Wildman–Crippen MR) is 91.3 cm³/mol. The van der Waals surface area contributed by atoms with Crippen molar-refractivity contribution in [3.8, 4) is 11.1 Å². The molecule has 0 aliphatic heterocycles. The van der Waals surface area contributed by atoms with Gasteiger partial charge in [-0.3, -0.25) is 14.9 Å². The lowest BCUT2D eigenvalue weighted by molar-refractivity contribution is 0.100. The zero-order valence-electron chi connectivity index (χ0n) is 13.3. The van der Waals surface area contributed by atoms with Crippen LogP contribution >= 0.6 is 0 Å². The Morgan fingerprint density at radius 3 is 2.70 bits per heavy atom. The van der Waals surface area contributed by atoms with Crippen LogP contribution in [-0.2, 0) is 0 Å². The Balaban J connectivity index is 2.31. The fourth-order valence-corrected chi connectivity index (χ4v) is 2.68. The SMILES string of the molecule is Cc1cc2ncc(C(N)=O)c(NC(C)C)c2cc1-c1cn[nH]c1. The largest absolute Gasteiger partial charge is 0.382 e. The van der Waals surface area contributed by atoms with Crippen molar-refractivity contribution in [2.75, 3.05) is 5.32 Å². The quantitative estimate of drug-likeness (QED) is 0.690. The molecule has 3 aromatic rings. The molecule has 0 saturated carbocycles. The summed E-state index contributed by atoms with van der Waals surface area (Å²) in [6.07, 6.45) is 5.15. The lowest BCUT2D eigenvalue weighted by atomic mass is 9.98. The minimum Gasteiger partial charge on any atom is -0.382 e. The van der Waals surface area contributed by atoms with Crippen molar-refractivity contribution in [2.45, 2.75) is 26.8 Å². The Hall–Kier alpha value is -2.89. The number of hydrogen-bond acceptors (Lipinski definition) is 4. The first-order valence-electron chi connectivity index (χ1n) is 7.46. The smallest absolute Gasteiger partial charge is 0.252 e. The van der Waals surface area contributed by atoms with Gasteiger partial charge in [-0.15, -0.1) is 0 Å². The first-order valence-corrected chi connectivity index (χ1v) is 7.46. The second-order valence-corrected chi connectivity index (χ2v) is 5.88. The van der Waals surface area contributed by atoms with E-state index in [0.717, 1.165) is 33.3 Å². The Kier molecular flexibility index (Phi) is 3.73. The summed E-state index contributed by atoms with van der Waals surface area (Å²) in [6, 6.07) is 4.20. The topological polar surface area (TPSA) is 96.7 Å². The van der Waals surface area contributed by atoms with Gasteiger partial charge in [0.25, 0.3) is 5.91 Å². The van der Waals surface area contributed by atoms with E-state index in [-0.39, 0.29) is 6.04 Å². The number of carbonyl (C=O) groups is 1. The number of hydrogen-bond donors (Lipinski definition) is 3. The van der Waals surface area contributed by atoms with Crippen molar-refractivity contribution in [3.05, 3.63) is 41.9 Å². The summed E-state index contributed by atoms with van der Waals surface area (Å²) >= 11 is 0. The van der Waals surface area contributed by atoms with E-state index in [9.17, 15) is 4.79 Å². The number of nitrogens with two attached hydrogens (primary N) is 1. The number of benzene rings is 1. The molecular formula is C17H19N5O. The van der Waals surface area contributed by atoms with E-state index in [1.807, 2.05) is 39.1 Å². The average molecular weight is 309 g/mol. The summed E-state index contributed by atoms with van der Waals surface area (Å²) in [5.41, 5.74) is 10.6. The molecule has 118 valence electrons. The van der Waals surface area contributed by atoms with Crippen LogP contribution in [0.3, 0.4) is 0 Å². The predicted octanol–water partition coefficient (Wildman–Crippen LogP) is 2.85. The second-order valence-electron chi connectivity index (χ2n) is 5.88. The Morgan fingerprint density at radius 2 is 2.09 bits per heavy atom. The Morgan fingerprint density at radius 1 is 1.30 bits per heavy atom. The van der Waals surface area contributed by atoms with Crippen LogP contribution in [0.1, 0.15) is 29.8 Å². The van der Waals surface area contributed by atoms with Crippen molar-refractivity contribution in [3.63, 3.8) is 0 Å². The Labute approximate surface area is 134 Å². The van der Waals surface area contributed by atoms with Gasteiger partial charge in [0.15, 0.2) is 0 Å². The van der Waals surface area contributed by atoms with Crippen LogP contribution in [0.15, 0.2) is 30.7 Å². The van der Waals surface area contributed by atoms with Crippen LogP contribution in [0.2, 0.25) is 0 Å². The number of carbonyl (C=O) groups excluding carboxylic acids is 1. The first kappa shape index (κ1) is 15.0. The maximum atomic E-state index is 11.8. The number of H-pyrrole nitrogens is 1. The molecule has 0 unspecified atom stereocenters. The fraction of sp³-hybridized carbons (Fsp3) is 0.235. The average Bonchev–Trinajstić information content (AvgIpc) is 3.00. The number of primary amides is 1. The van der Waals surface area contributed by atoms with Crippen molar-refractivity contribution < 1.29 is 4.79 Å². The zero-order chi connectivity index (χ0) is 16.6. The number of fused-ring (bicyclic) bond motifs is 1. The summed E-state index contributed by atoms with van der Waals surface area (Å²) in [6.45, 7) is 6.06. The highest BCUT2D eigenvalue weighted by Gasteiger charge is 2.16. The van der Waals surface area contributed by atoms with Gasteiger partial charge in [0.1, 0.15) is 0 Å². The normalized spacial score (nSPS) is 11.1. The van der Waals surface area contributed by atoms with E-state index in [2.05, 4.69) is 20.5 Å². The summed E-state index contributed by atoms with van der Waals surface area (Å²) in [5.74, 6) is -0.493. The minimum absolute atomic E-state index is 0.164. The molecular weight excluding hydrogens is 290 g/mol. The number of anilines is 1. The van der Waals surface area contributed by atoms with Gasteiger partial charge in [-0.25, -0.2) is 0 Å². The molecule has 0 saturated heterocycles.